The minimum absolute atomic E-state index is 0.217. The van der Waals surface area contributed by atoms with Gasteiger partial charge in [0.15, 0.2) is 12.5 Å². The molecule has 0 unspecified atom stereocenters. The molecule has 124 valence electrons. The minimum Gasteiger partial charge on any atom is -0.467 e. The first-order valence-electron chi connectivity index (χ1n) is 7.10. The number of ether oxygens (including phenoxy) is 3. The Morgan fingerprint density at radius 2 is 1.74 bits per heavy atom. The van der Waals surface area contributed by atoms with Crippen LogP contribution in [-0.4, -0.2) is 13.9 Å². The number of halogens is 2. The van der Waals surface area contributed by atoms with Gasteiger partial charge in [0, 0.05) is 18.4 Å². The van der Waals surface area contributed by atoms with Crippen molar-refractivity contribution in [3.05, 3.63) is 44.8 Å². The lowest BCUT2D eigenvalue weighted by Crippen LogP contribution is -2.03. The van der Waals surface area contributed by atoms with Gasteiger partial charge in [-0.05, 0) is 68.1 Å². The second-order valence-electron chi connectivity index (χ2n) is 5.32. The van der Waals surface area contributed by atoms with E-state index in [1.54, 1.807) is 19.2 Å². The lowest BCUT2D eigenvalue weighted by molar-refractivity contribution is 0.0502. The first-order chi connectivity index (χ1) is 10.9. The van der Waals surface area contributed by atoms with Crippen LogP contribution in [0.5, 0.6) is 17.2 Å². The van der Waals surface area contributed by atoms with Crippen LogP contribution in [0.25, 0.3) is 0 Å². The van der Waals surface area contributed by atoms with Crippen molar-refractivity contribution >= 4 is 37.5 Å². The Kier molecular flexibility index (Phi) is 6.33. The van der Waals surface area contributed by atoms with Crippen molar-refractivity contribution in [2.75, 3.05) is 19.6 Å². The van der Waals surface area contributed by atoms with Crippen LogP contribution in [0, 0.1) is 0 Å². The highest BCUT2D eigenvalue weighted by Gasteiger charge is 2.13. The molecule has 0 radical (unpaired) electrons. The van der Waals surface area contributed by atoms with Crippen molar-refractivity contribution in [1.29, 1.82) is 0 Å². The molecule has 23 heavy (non-hydrogen) atoms. The van der Waals surface area contributed by atoms with E-state index in [1.807, 2.05) is 18.2 Å². The fourth-order valence-corrected chi connectivity index (χ4v) is 3.47. The third-order valence-electron chi connectivity index (χ3n) is 3.18. The molecular formula is C17H19Br2NO3. The Hall–Kier alpha value is -1.24. The van der Waals surface area contributed by atoms with Crippen molar-refractivity contribution in [2.24, 2.45) is 0 Å². The van der Waals surface area contributed by atoms with E-state index >= 15 is 0 Å². The van der Waals surface area contributed by atoms with Gasteiger partial charge in [-0.15, -0.1) is 0 Å². The van der Waals surface area contributed by atoms with E-state index in [0.29, 0.717) is 17.4 Å². The lowest BCUT2D eigenvalue weighted by atomic mass is 10.0. The molecule has 0 fully saturated rings. The molecule has 2 aromatic rings. The van der Waals surface area contributed by atoms with E-state index in [1.165, 1.54) is 0 Å². The zero-order chi connectivity index (χ0) is 17.0. The molecule has 4 nitrogen and oxygen atoms in total. The quantitative estimate of drug-likeness (QED) is 0.459. The van der Waals surface area contributed by atoms with Gasteiger partial charge in [-0.25, -0.2) is 0 Å². The predicted molar refractivity (Wildman–Crippen MR) is 99.4 cm³/mol. The SMILES string of the molecule is COCOc1ccc(Oc2c(Br)cc(N)cc2Br)cc1C(C)C. The molecule has 0 saturated heterocycles. The maximum absolute atomic E-state index is 6.01. The fraction of sp³-hybridized carbons (Fsp3) is 0.294. The molecule has 0 aromatic heterocycles. The Bertz CT molecular complexity index is 667. The number of rotatable bonds is 6. The van der Waals surface area contributed by atoms with Crippen molar-refractivity contribution in [3.63, 3.8) is 0 Å². The van der Waals surface area contributed by atoms with Gasteiger partial charge in [-0.1, -0.05) is 13.8 Å². The van der Waals surface area contributed by atoms with Crippen molar-refractivity contribution in [3.8, 4) is 17.2 Å². The molecule has 0 aliphatic rings. The van der Waals surface area contributed by atoms with Crippen molar-refractivity contribution in [2.45, 2.75) is 19.8 Å². The average Bonchev–Trinajstić information content (AvgIpc) is 2.49. The van der Waals surface area contributed by atoms with Crippen LogP contribution in [0.2, 0.25) is 0 Å². The third-order valence-corrected chi connectivity index (χ3v) is 4.35. The van der Waals surface area contributed by atoms with Gasteiger partial charge in [0.2, 0.25) is 0 Å². The molecule has 0 aliphatic heterocycles. The third kappa shape index (κ3) is 4.62. The maximum Gasteiger partial charge on any atom is 0.188 e. The number of hydrogen-bond donors (Lipinski definition) is 1. The fourth-order valence-electron chi connectivity index (χ4n) is 2.09. The van der Waals surface area contributed by atoms with Crippen LogP contribution in [0.4, 0.5) is 5.69 Å². The predicted octanol–water partition coefficient (Wildman–Crippen LogP) is 5.69. The molecule has 6 heteroatoms. The molecule has 0 amide bonds. The zero-order valence-electron chi connectivity index (χ0n) is 13.2. The summed E-state index contributed by atoms with van der Waals surface area (Å²) in [6.45, 7) is 4.43. The Labute approximate surface area is 153 Å². The van der Waals surface area contributed by atoms with E-state index in [4.69, 9.17) is 19.9 Å². The van der Waals surface area contributed by atoms with Crippen LogP contribution >= 0.6 is 31.9 Å². The summed E-state index contributed by atoms with van der Waals surface area (Å²) in [6.07, 6.45) is 0. The summed E-state index contributed by atoms with van der Waals surface area (Å²) in [5, 5.41) is 0. The van der Waals surface area contributed by atoms with E-state index < -0.39 is 0 Å². The standard InChI is InChI=1S/C17H19Br2NO3/c1-10(2)13-8-12(4-5-16(13)22-9-21-3)23-17-14(18)6-11(20)7-15(17)19/h4-8,10H,9,20H2,1-3H3. The smallest absolute Gasteiger partial charge is 0.188 e. The number of anilines is 1. The van der Waals surface area contributed by atoms with E-state index in [0.717, 1.165) is 26.0 Å². The van der Waals surface area contributed by atoms with E-state index in [2.05, 4.69) is 45.7 Å². The Morgan fingerprint density at radius 3 is 2.30 bits per heavy atom. The first-order valence-corrected chi connectivity index (χ1v) is 8.69. The highest BCUT2D eigenvalue weighted by Crippen LogP contribution is 2.40. The topological polar surface area (TPSA) is 53.7 Å². The summed E-state index contributed by atoms with van der Waals surface area (Å²) in [7, 11) is 1.60. The zero-order valence-corrected chi connectivity index (χ0v) is 16.4. The second-order valence-corrected chi connectivity index (χ2v) is 7.03. The summed E-state index contributed by atoms with van der Waals surface area (Å²) in [4.78, 5) is 0. The highest BCUT2D eigenvalue weighted by molar-refractivity contribution is 9.11. The maximum atomic E-state index is 6.01. The number of benzene rings is 2. The molecule has 2 N–H and O–H groups in total. The van der Waals surface area contributed by atoms with Crippen LogP contribution in [0.3, 0.4) is 0 Å². The van der Waals surface area contributed by atoms with Crippen LogP contribution in [0.1, 0.15) is 25.3 Å². The molecule has 0 saturated carbocycles. The second kappa shape index (κ2) is 8.04. The van der Waals surface area contributed by atoms with Crippen molar-refractivity contribution < 1.29 is 14.2 Å². The van der Waals surface area contributed by atoms with Gasteiger partial charge in [0.05, 0.1) is 8.95 Å². The van der Waals surface area contributed by atoms with Gasteiger partial charge in [-0.3, -0.25) is 0 Å². The van der Waals surface area contributed by atoms with Gasteiger partial charge in [0.1, 0.15) is 11.5 Å². The monoisotopic (exact) mass is 443 g/mol. The Balaban J connectivity index is 2.32. The first kappa shape index (κ1) is 18.1. The van der Waals surface area contributed by atoms with Gasteiger partial charge < -0.3 is 19.9 Å². The number of methoxy groups -OCH3 is 1. The molecule has 0 aliphatic carbocycles. The van der Waals surface area contributed by atoms with Gasteiger partial charge >= 0.3 is 0 Å². The molecule has 0 heterocycles. The lowest BCUT2D eigenvalue weighted by Gasteiger charge is -2.16. The minimum atomic E-state index is 0.217. The highest BCUT2D eigenvalue weighted by atomic mass is 79.9. The van der Waals surface area contributed by atoms with E-state index in [9.17, 15) is 0 Å². The average molecular weight is 445 g/mol. The number of nitrogens with two attached hydrogens (primary N) is 1. The van der Waals surface area contributed by atoms with E-state index in [-0.39, 0.29) is 6.79 Å². The number of nitrogen functional groups attached to an aromatic ring is 1. The normalized spacial score (nSPS) is 10.9. The molecular weight excluding hydrogens is 426 g/mol. The summed E-state index contributed by atoms with van der Waals surface area (Å²) in [5.41, 5.74) is 7.52. The summed E-state index contributed by atoms with van der Waals surface area (Å²) >= 11 is 6.95. The van der Waals surface area contributed by atoms with Crippen LogP contribution in [0.15, 0.2) is 39.3 Å². The van der Waals surface area contributed by atoms with Crippen LogP contribution < -0.4 is 15.2 Å². The molecule has 2 rings (SSSR count). The number of hydrogen-bond acceptors (Lipinski definition) is 4. The largest absolute Gasteiger partial charge is 0.467 e. The molecule has 0 atom stereocenters. The molecule has 0 bridgehead atoms. The molecule has 0 spiro atoms. The van der Waals surface area contributed by atoms with Crippen LogP contribution in [-0.2, 0) is 4.74 Å². The van der Waals surface area contributed by atoms with Gasteiger partial charge in [-0.2, -0.15) is 0 Å². The summed E-state index contributed by atoms with van der Waals surface area (Å²) < 4.78 is 18.2. The Morgan fingerprint density at radius 1 is 1.09 bits per heavy atom. The molecule has 2 aromatic carbocycles. The van der Waals surface area contributed by atoms with Gasteiger partial charge in [0.25, 0.3) is 0 Å². The summed E-state index contributed by atoms with van der Waals surface area (Å²) in [5.74, 6) is 2.50. The van der Waals surface area contributed by atoms with Crippen molar-refractivity contribution in [1.82, 2.24) is 0 Å². The summed E-state index contributed by atoms with van der Waals surface area (Å²) in [6, 6.07) is 9.35.